The summed E-state index contributed by atoms with van der Waals surface area (Å²) in [4.78, 5) is 19.5. The van der Waals surface area contributed by atoms with E-state index >= 15 is 0 Å². The van der Waals surface area contributed by atoms with E-state index in [-0.39, 0.29) is 12.6 Å². The lowest BCUT2D eigenvalue weighted by Gasteiger charge is -2.40. The highest BCUT2D eigenvalue weighted by atomic mass is 16.5. The minimum absolute atomic E-state index is 0.0299. The van der Waals surface area contributed by atoms with E-state index in [1.54, 1.807) is 4.90 Å². The molecule has 6 nitrogen and oxygen atoms in total. The molecular formula is C24H23N3O3. The van der Waals surface area contributed by atoms with Crippen LogP contribution in [0, 0.1) is 0 Å². The van der Waals surface area contributed by atoms with Crippen molar-refractivity contribution in [3.05, 3.63) is 78.4 Å². The lowest BCUT2D eigenvalue weighted by molar-refractivity contribution is 0.203. The SMILES string of the molecule is O=C(N1CCN(c2cccc(CO)c2)CC1)N1c2ccccc2Oc2ccccc21. The van der Waals surface area contributed by atoms with Crippen molar-refractivity contribution in [2.24, 2.45) is 0 Å². The first-order chi connectivity index (χ1) is 14.7. The molecule has 0 radical (unpaired) electrons. The highest BCUT2D eigenvalue weighted by Gasteiger charge is 2.33. The highest BCUT2D eigenvalue weighted by Crippen LogP contribution is 2.46. The van der Waals surface area contributed by atoms with E-state index in [2.05, 4.69) is 4.90 Å². The van der Waals surface area contributed by atoms with Crippen LogP contribution in [-0.2, 0) is 6.61 Å². The van der Waals surface area contributed by atoms with Gasteiger partial charge in [-0.1, -0.05) is 36.4 Å². The molecule has 152 valence electrons. The average Bonchev–Trinajstić information content (AvgIpc) is 2.82. The molecule has 2 heterocycles. The highest BCUT2D eigenvalue weighted by molar-refractivity contribution is 6.03. The maximum atomic E-state index is 13.6. The Bertz CT molecular complexity index is 1030. The third-order valence-corrected chi connectivity index (χ3v) is 5.63. The largest absolute Gasteiger partial charge is 0.453 e. The second kappa shape index (κ2) is 7.72. The number of fused-ring (bicyclic) bond motifs is 2. The lowest BCUT2D eigenvalue weighted by atomic mass is 10.1. The predicted octanol–water partition coefficient (Wildman–Crippen LogP) is 4.36. The number of aliphatic hydroxyl groups is 1. The molecular weight excluding hydrogens is 378 g/mol. The number of hydrogen-bond donors (Lipinski definition) is 1. The van der Waals surface area contributed by atoms with Gasteiger partial charge in [-0.05, 0) is 42.0 Å². The van der Waals surface area contributed by atoms with E-state index in [1.807, 2.05) is 77.7 Å². The first-order valence-corrected chi connectivity index (χ1v) is 10.1. The molecule has 3 aromatic carbocycles. The summed E-state index contributed by atoms with van der Waals surface area (Å²) >= 11 is 0. The Labute approximate surface area is 175 Å². The summed E-state index contributed by atoms with van der Waals surface area (Å²) < 4.78 is 6.00. The molecule has 3 aromatic rings. The second-order valence-corrected chi connectivity index (χ2v) is 7.46. The van der Waals surface area contributed by atoms with Crippen molar-refractivity contribution >= 4 is 23.1 Å². The lowest BCUT2D eigenvalue weighted by Crippen LogP contribution is -2.52. The van der Waals surface area contributed by atoms with Gasteiger partial charge in [0, 0.05) is 31.9 Å². The summed E-state index contributed by atoms with van der Waals surface area (Å²) in [7, 11) is 0. The molecule has 2 amide bonds. The van der Waals surface area contributed by atoms with Gasteiger partial charge >= 0.3 is 6.03 Å². The van der Waals surface area contributed by atoms with Crippen molar-refractivity contribution in [1.82, 2.24) is 4.90 Å². The Morgan fingerprint density at radius 2 is 1.47 bits per heavy atom. The molecule has 30 heavy (non-hydrogen) atoms. The van der Waals surface area contributed by atoms with Crippen LogP contribution in [0.25, 0.3) is 0 Å². The Balaban J connectivity index is 1.37. The molecule has 1 N–H and O–H groups in total. The zero-order chi connectivity index (χ0) is 20.5. The summed E-state index contributed by atoms with van der Waals surface area (Å²) in [5.41, 5.74) is 3.50. The number of hydrogen-bond acceptors (Lipinski definition) is 4. The van der Waals surface area contributed by atoms with Crippen molar-refractivity contribution in [2.45, 2.75) is 6.61 Å². The van der Waals surface area contributed by atoms with Crippen LogP contribution < -0.4 is 14.5 Å². The van der Waals surface area contributed by atoms with E-state index < -0.39 is 0 Å². The summed E-state index contributed by atoms with van der Waals surface area (Å²) in [5, 5.41) is 9.39. The van der Waals surface area contributed by atoms with Gasteiger partial charge in [0.15, 0.2) is 11.5 Å². The van der Waals surface area contributed by atoms with E-state index in [0.29, 0.717) is 24.6 Å². The quantitative estimate of drug-likeness (QED) is 0.693. The average molecular weight is 401 g/mol. The van der Waals surface area contributed by atoms with E-state index in [9.17, 15) is 9.90 Å². The van der Waals surface area contributed by atoms with Crippen molar-refractivity contribution < 1.29 is 14.6 Å². The molecule has 0 saturated carbocycles. The van der Waals surface area contributed by atoms with Crippen molar-refractivity contribution in [3.8, 4) is 11.5 Å². The van der Waals surface area contributed by atoms with Crippen LogP contribution in [0.1, 0.15) is 5.56 Å². The number of carbonyl (C=O) groups excluding carboxylic acids is 1. The number of aliphatic hydroxyl groups excluding tert-OH is 1. The fourth-order valence-electron chi connectivity index (χ4n) is 4.06. The number of para-hydroxylation sites is 4. The monoisotopic (exact) mass is 401 g/mol. The minimum atomic E-state index is -0.0399. The second-order valence-electron chi connectivity index (χ2n) is 7.46. The van der Waals surface area contributed by atoms with Gasteiger partial charge in [-0.3, -0.25) is 4.90 Å². The van der Waals surface area contributed by atoms with Crippen LogP contribution in [-0.4, -0.2) is 42.2 Å². The molecule has 1 saturated heterocycles. The van der Waals surface area contributed by atoms with Gasteiger partial charge in [-0.2, -0.15) is 0 Å². The van der Waals surface area contributed by atoms with Crippen molar-refractivity contribution in [3.63, 3.8) is 0 Å². The fourth-order valence-corrected chi connectivity index (χ4v) is 4.06. The number of rotatable bonds is 2. The number of benzene rings is 3. The molecule has 5 rings (SSSR count). The molecule has 6 heteroatoms. The number of anilines is 3. The maximum Gasteiger partial charge on any atom is 0.329 e. The summed E-state index contributed by atoms with van der Waals surface area (Å²) in [6, 6.07) is 23.2. The first kappa shape index (κ1) is 18.5. The van der Waals surface area contributed by atoms with Crippen LogP contribution in [0.5, 0.6) is 11.5 Å². The van der Waals surface area contributed by atoms with Crippen molar-refractivity contribution in [1.29, 1.82) is 0 Å². The first-order valence-electron chi connectivity index (χ1n) is 10.1. The number of piperazine rings is 1. The Morgan fingerprint density at radius 3 is 2.10 bits per heavy atom. The van der Waals surface area contributed by atoms with Crippen molar-refractivity contribution in [2.75, 3.05) is 36.0 Å². The third kappa shape index (κ3) is 3.25. The molecule has 1 fully saturated rings. The van der Waals surface area contributed by atoms with E-state index in [4.69, 9.17) is 4.74 Å². The number of ether oxygens (including phenoxy) is 1. The summed E-state index contributed by atoms with van der Waals surface area (Å²) in [6.45, 7) is 2.78. The normalized spacial score (nSPS) is 15.3. The molecule has 0 spiro atoms. The predicted molar refractivity (Wildman–Crippen MR) is 117 cm³/mol. The molecule has 0 bridgehead atoms. The topological polar surface area (TPSA) is 56.2 Å². The van der Waals surface area contributed by atoms with Gasteiger partial charge in [-0.25, -0.2) is 4.79 Å². The van der Waals surface area contributed by atoms with Gasteiger partial charge in [-0.15, -0.1) is 0 Å². The molecule has 0 aromatic heterocycles. The zero-order valence-electron chi connectivity index (χ0n) is 16.6. The van der Waals surface area contributed by atoms with E-state index in [1.165, 1.54) is 0 Å². The zero-order valence-corrected chi connectivity index (χ0v) is 16.6. The van der Waals surface area contributed by atoms with Crippen LogP contribution >= 0.6 is 0 Å². The smallest absolute Gasteiger partial charge is 0.329 e. The number of nitrogens with zero attached hydrogens (tertiary/aromatic N) is 3. The molecule has 0 atom stereocenters. The number of amides is 2. The van der Waals surface area contributed by atoms with Gasteiger partial charge in [0.05, 0.1) is 18.0 Å². The number of urea groups is 1. The van der Waals surface area contributed by atoms with Crippen LogP contribution in [0.15, 0.2) is 72.8 Å². The Hall–Kier alpha value is -3.51. The summed E-state index contributed by atoms with van der Waals surface area (Å²) in [5.74, 6) is 1.37. The van der Waals surface area contributed by atoms with Gasteiger partial charge in [0.1, 0.15) is 0 Å². The molecule has 2 aliphatic rings. The van der Waals surface area contributed by atoms with Crippen LogP contribution in [0.2, 0.25) is 0 Å². The molecule has 0 unspecified atom stereocenters. The van der Waals surface area contributed by atoms with Gasteiger partial charge in [0.2, 0.25) is 0 Å². The Kier molecular flexibility index (Phi) is 4.77. The van der Waals surface area contributed by atoms with E-state index in [0.717, 1.165) is 35.7 Å². The van der Waals surface area contributed by atoms with Crippen LogP contribution in [0.3, 0.4) is 0 Å². The fraction of sp³-hybridized carbons (Fsp3) is 0.208. The maximum absolute atomic E-state index is 13.6. The molecule has 0 aliphatic carbocycles. The summed E-state index contributed by atoms with van der Waals surface area (Å²) in [6.07, 6.45) is 0. The minimum Gasteiger partial charge on any atom is -0.453 e. The molecule has 2 aliphatic heterocycles. The Morgan fingerprint density at radius 1 is 0.833 bits per heavy atom. The standard InChI is InChI=1S/C24H23N3O3/c28-17-18-6-5-7-19(16-18)25-12-14-26(15-13-25)24(29)27-20-8-1-3-10-22(20)30-23-11-4-2-9-21(23)27/h1-11,16,28H,12-15,17H2. The van der Waals surface area contributed by atoms with Gasteiger partial charge < -0.3 is 19.6 Å². The van der Waals surface area contributed by atoms with Crippen LogP contribution in [0.4, 0.5) is 21.9 Å². The third-order valence-electron chi connectivity index (χ3n) is 5.63. The number of carbonyl (C=O) groups is 1. The van der Waals surface area contributed by atoms with Gasteiger partial charge in [0.25, 0.3) is 0 Å².